The second-order valence-corrected chi connectivity index (χ2v) is 11.9. The van der Waals surface area contributed by atoms with Gasteiger partial charge in [-0.1, -0.05) is 56.3 Å². The standard InChI is InChI=1S/C29H32N2O8S/c1-17(2)24(28(34)35)31-40(36,37)29(14-12-20(13-15-29)19-8-6-5-7-9-19)30-27(33)25-18(3)23-22(39-25)11-10-21(16-32)26(23)38-4/h5-14,17,24,31-32H,15-16H2,1-4H3,(H,30,33)(H,34,35)/t24-,29?/m0/s1. The van der Waals surface area contributed by atoms with Gasteiger partial charge in [0.25, 0.3) is 5.91 Å². The summed E-state index contributed by atoms with van der Waals surface area (Å²) < 4.78 is 41.2. The summed E-state index contributed by atoms with van der Waals surface area (Å²) in [4.78, 5) is 23.5. The lowest BCUT2D eigenvalue weighted by molar-refractivity contribution is -0.140. The first kappa shape index (κ1) is 29.1. The van der Waals surface area contributed by atoms with Gasteiger partial charge in [-0.2, -0.15) is 4.72 Å². The van der Waals surface area contributed by atoms with Gasteiger partial charge < -0.3 is 24.7 Å². The van der Waals surface area contributed by atoms with Crippen LogP contribution in [0.1, 0.15) is 47.5 Å². The van der Waals surface area contributed by atoms with Gasteiger partial charge in [-0.15, -0.1) is 0 Å². The molecule has 2 aromatic carbocycles. The second kappa shape index (κ2) is 11.3. The number of allylic oxidation sites excluding steroid dienone is 2. The molecule has 0 saturated heterocycles. The average molecular weight is 569 g/mol. The van der Waals surface area contributed by atoms with Crippen molar-refractivity contribution in [2.75, 3.05) is 7.11 Å². The van der Waals surface area contributed by atoms with Crippen LogP contribution >= 0.6 is 0 Å². The Morgan fingerprint density at radius 2 is 1.85 bits per heavy atom. The van der Waals surface area contributed by atoms with Crippen molar-refractivity contribution in [1.82, 2.24) is 10.0 Å². The molecule has 10 nitrogen and oxygen atoms in total. The molecular formula is C29H32N2O8S. The Bertz CT molecular complexity index is 1610. The second-order valence-electron chi connectivity index (χ2n) is 9.93. The van der Waals surface area contributed by atoms with Crippen LogP contribution in [0.15, 0.2) is 65.1 Å². The largest absolute Gasteiger partial charge is 0.496 e. The smallest absolute Gasteiger partial charge is 0.321 e. The maximum atomic E-state index is 13.8. The number of aryl methyl sites for hydroxylation is 1. The third-order valence-corrected chi connectivity index (χ3v) is 8.92. The lowest BCUT2D eigenvalue weighted by atomic mass is 9.96. The SMILES string of the molecule is COc1c(CO)ccc2oc(C(=O)NC3(S(=O)(=O)N[C@H](C(=O)O)C(C)C)C=CC(c4ccccc4)=CC3)c(C)c12. The Kier molecular flexibility index (Phi) is 8.20. The highest BCUT2D eigenvalue weighted by atomic mass is 32.2. The molecule has 0 bridgehead atoms. The molecule has 212 valence electrons. The van der Waals surface area contributed by atoms with Gasteiger partial charge in [0.05, 0.1) is 19.1 Å². The van der Waals surface area contributed by atoms with Crippen molar-refractivity contribution < 1.29 is 37.4 Å². The molecule has 0 fully saturated rings. The van der Waals surface area contributed by atoms with E-state index in [1.165, 1.54) is 13.2 Å². The van der Waals surface area contributed by atoms with Crippen molar-refractivity contribution in [3.05, 3.63) is 83.1 Å². The topological polar surface area (TPSA) is 155 Å². The number of carboxylic acids is 1. The zero-order valence-electron chi connectivity index (χ0n) is 22.6. The number of sulfonamides is 1. The maximum absolute atomic E-state index is 13.8. The summed E-state index contributed by atoms with van der Waals surface area (Å²) in [6, 6.07) is 11.1. The van der Waals surface area contributed by atoms with Crippen LogP contribution in [0.2, 0.25) is 0 Å². The third kappa shape index (κ3) is 5.27. The van der Waals surface area contributed by atoms with Gasteiger partial charge >= 0.3 is 5.97 Å². The van der Waals surface area contributed by atoms with Gasteiger partial charge in [0.15, 0.2) is 10.6 Å². The monoisotopic (exact) mass is 568 g/mol. The fourth-order valence-corrected chi connectivity index (χ4v) is 6.44. The Morgan fingerprint density at radius 3 is 2.40 bits per heavy atom. The molecule has 1 amide bonds. The fraction of sp³-hybridized carbons (Fsp3) is 0.310. The Labute approximate surface area is 232 Å². The highest BCUT2D eigenvalue weighted by Gasteiger charge is 2.46. The quantitative estimate of drug-likeness (QED) is 0.288. The minimum absolute atomic E-state index is 0.136. The summed E-state index contributed by atoms with van der Waals surface area (Å²) in [5, 5.41) is 22.4. The first-order chi connectivity index (χ1) is 18.9. The van der Waals surface area contributed by atoms with Crippen LogP contribution in [0.4, 0.5) is 0 Å². The minimum atomic E-state index is -4.50. The number of aliphatic hydroxyl groups excluding tert-OH is 1. The van der Waals surface area contributed by atoms with Gasteiger partial charge in [-0.25, -0.2) is 8.42 Å². The minimum Gasteiger partial charge on any atom is -0.496 e. The van der Waals surface area contributed by atoms with E-state index < -0.39 is 38.7 Å². The predicted molar refractivity (Wildman–Crippen MR) is 150 cm³/mol. The number of amides is 1. The van der Waals surface area contributed by atoms with E-state index in [2.05, 4.69) is 10.0 Å². The van der Waals surface area contributed by atoms with Crippen LogP contribution in [0.3, 0.4) is 0 Å². The lowest BCUT2D eigenvalue weighted by Crippen LogP contribution is -2.60. The van der Waals surface area contributed by atoms with E-state index in [-0.39, 0.29) is 18.8 Å². The van der Waals surface area contributed by atoms with Crippen LogP contribution in [0, 0.1) is 12.8 Å². The maximum Gasteiger partial charge on any atom is 0.321 e. The highest BCUT2D eigenvalue weighted by molar-refractivity contribution is 7.91. The molecule has 1 aromatic heterocycles. The number of aliphatic carboxylic acids is 1. The van der Waals surface area contributed by atoms with Crippen molar-refractivity contribution >= 4 is 38.4 Å². The molecule has 1 heterocycles. The van der Waals surface area contributed by atoms with Crippen LogP contribution in [-0.4, -0.2) is 48.5 Å². The van der Waals surface area contributed by atoms with Crippen LogP contribution in [-0.2, 0) is 21.4 Å². The Balaban J connectivity index is 1.77. The Hall–Kier alpha value is -3.93. The highest BCUT2D eigenvalue weighted by Crippen LogP contribution is 2.37. The fourth-order valence-electron chi connectivity index (χ4n) is 4.74. The normalized spacial score (nSPS) is 18.0. The first-order valence-electron chi connectivity index (χ1n) is 12.7. The molecule has 0 saturated carbocycles. The molecule has 1 aliphatic rings. The van der Waals surface area contributed by atoms with E-state index in [4.69, 9.17) is 9.15 Å². The number of hydrogen-bond donors (Lipinski definition) is 4. The summed E-state index contributed by atoms with van der Waals surface area (Å²) in [5.41, 5.74) is 2.82. The van der Waals surface area contributed by atoms with E-state index in [9.17, 15) is 28.2 Å². The molecule has 4 N–H and O–H groups in total. The number of methoxy groups -OCH3 is 1. The van der Waals surface area contributed by atoms with Crippen molar-refractivity contribution in [3.8, 4) is 5.75 Å². The first-order valence-corrected chi connectivity index (χ1v) is 14.1. The number of fused-ring (bicyclic) bond motifs is 1. The molecule has 3 aromatic rings. The molecule has 0 aliphatic heterocycles. The summed E-state index contributed by atoms with van der Waals surface area (Å²) in [6.45, 7) is 4.51. The van der Waals surface area contributed by atoms with Gasteiger partial charge in [-0.05, 0) is 42.2 Å². The summed E-state index contributed by atoms with van der Waals surface area (Å²) in [5.74, 6) is -2.50. The molecular weight excluding hydrogens is 536 g/mol. The zero-order chi connectivity index (χ0) is 29.2. The number of nitrogens with one attached hydrogen (secondary N) is 2. The zero-order valence-corrected chi connectivity index (χ0v) is 23.4. The average Bonchev–Trinajstić information content (AvgIpc) is 3.28. The van der Waals surface area contributed by atoms with E-state index in [0.29, 0.717) is 27.8 Å². The number of benzene rings is 2. The molecule has 2 atom stereocenters. The number of carbonyl (C=O) groups is 2. The van der Waals surface area contributed by atoms with Crippen LogP contribution in [0.25, 0.3) is 16.5 Å². The molecule has 0 spiro atoms. The number of aliphatic hydroxyl groups is 1. The van der Waals surface area contributed by atoms with Crippen molar-refractivity contribution in [3.63, 3.8) is 0 Å². The van der Waals surface area contributed by atoms with Crippen LogP contribution < -0.4 is 14.8 Å². The van der Waals surface area contributed by atoms with Gasteiger partial charge in [0, 0.05) is 17.5 Å². The molecule has 0 radical (unpaired) electrons. The number of carbonyl (C=O) groups excluding carboxylic acids is 1. The van der Waals surface area contributed by atoms with E-state index in [0.717, 1.165) is 11.1 Å². The number of carboxylic acid groups (broad SMARTS) is 1. The van der Waals surface area contributed by atoms with E-state index in [1.807, 2.05) is 30.3 Å². The summed E-state index contributed by atoms with van der Waals surface area (Å²) >= 11 is 0. The summed E-state index contributed by atoms with van der Waals surface area (Å²) in [7, 11) is -3.07. The molecule has 1 unspecified atom stereocenters. The summed E-state index contributed by atoms with van der Waals surface area (Å²) in [6.07, 6.45) is 4.46. The number of furan rings is 1. The molecule has 4 rings (SSSR count). The predicted octanol–water partition coefficient (Wildman–Crippen LogP) is 3.74. The van der Waals surface area contributed by atoms with Gasteiger partial charge in [-0.3, -0.25) is 9.59 Å². The molecule has 11 heteroatoms. The third-order valence-electron chi connectivity index (χ3n) is 6.99. The van der Waals surface area contributed by atoms with Gasteiger partial charge in [0.2, 0.25) is 10.0 Å². The molecule has 40 heavy (non-hydrogen) atoms. The van der Waals surface area contributed by atoms with Crippen molar-refractivity contribution in [1.29, 1.82) is 0 Å². The van der Waals surface area contributed by atoms with Crippen molar-refractivity contribution in [2.45, 2.75) is 44.7 Å². The molecule has 1 aliphatic carbocycles. The Morgan fingerprint density at radius 1 is 1.15 bits per heavy atom. The van der Waals surface area contributed by atoms with Crippen LogP contribution in [0.5, 0.6) is 5.75 Å². The number of rotatable bonds is 10. The van der Waals surface area contributed by atoms with E-state index in [1.54, 1.807) is 45.1 Å². The van der Waals surface area contributed by atoms with Crippen molar-refractivity contribution in [2.24, 2.45) is 5.92 Å². The lowest BCUT2D eigenvalue weighted by Gasteiger charge is -2.34. The number of ether oxygens (including phenoxy) is 1. The van der Waals surface area contributed by atoms with E-state index >= 15 is 0 Å². The number of hydrogen-bond acceptors (Lipinski definition) is 7. The van der Waals surface area contributed by atoms with Gasteiger partial charge in [0.1, 0.15) is 17.4 Å².